The fourth-order valence-electron chi connectivity index (χ4n) is 4.28. The highest BCUT2D eigenvalue weighted by Crippen LogP contribution is 2.28. The molecule has 1 fully saturated rings. The summed E-state index contributed by atoms with van der Waals surface area (Å²) in [5.41, 5.74) is 1.21. The Morgan fingerprint density at radius 1 is 1.03 bits per heavy atom. The van der Waals surface area contributed by atoms with E-state index in [-0.39, 0.29) is 22.7 Å². The van der Waals surface area contributed by atoms with Crippen molar-refractivity contribution in [2.24, 2.45) is 7.05 Å². The van der Waals surface area contributed by atoms with Crippen LogP contribution in [0.2, 0.25) is 0 Å². The fraction of sp³-hybridized carbons (Fsp3) is 0.304. The number of likely N-dealkylation sites (N-methyl/N-ethyl adjacent to an activating group) is 1. The van der Waals surface area contributed by atoms with E-state index in [0.29, 0.717) is 24.2 Å². The molecule has 0 unspecified atom stereocenters. The molecule has 0 saturated carbocycles. The Kier molecular flexibility index (Phi) is 5.79. The molecule has 1 aliphatic rings. The Hall–Kier alpha value is -3.17. The van der Waals surface area contributed by atoms with Gasteiger partial charge in [-0.25, -0.2) is 13.1 Å². The zero-order valence-electron chi connectivity index (χ0n) is 18.3. The standard InChI is InChI=1S/C23H26N4O4S/c1-17-21(23(29)27(25(17)3)18-11-6-4-7-12-18)24(2)22(28)20-15-10-16-26(20)32(30,31)19-13-8-5-9-14-19/h4-9,11-14,20H,10,15-16H2,1-3H3/t20-/m1/s1. The van der Waals surface area contributed by atoms with Crippen LogP contribution in [0.5, 0.6) is 0 Å². The van der Waals surface area contributed by atoms with Gasteiger partial charge in [-0.3, -0.25) is 14.3 Å². The van der Waals surface area contributed by atoms with Gasteiger partial charge < -0.3 is 4.90 Å². The summed E-state index contributed by atoms with van der Waals surface area (Å²) in [6, 6.07) is 16.4. The highest BCUT2D eigenvalue weighted by atomic mass is 32.2. The average Bonchev–Trinajstić information content (AvgIpc) is 3.38. The molecular weight excluding hydrogens is 428 g/mol. The van der Waals surface area contributed by atoms with Crippen LogP contribution in [0.4, 0.5) is 5.69 Å². The Morgan fingerprint density at radius 3 is 2.25 bits per heavy atom. The summed E-state index contributed by atoms with van der Waals surface area (Å²) in [5.74, 6) is -0.409. The quantitative estimate of drug-likeness (QED) is 0.592. The van der Waals surface area contributed by atoms with Gasteiger partial charge in [0.2, 0.25) is 15.9 Å². The van der Waals surface area contributed by atoms with Crippen LogP contribution >= 0.6 is 0 Å². The minimum absolute atomic E-state index is 0.157. The lowest BCUT2D eigenvalue weighted by Gasteiger charge is -2.27. The van der Waals surface area contributed by atoms with Crippen LogP contribution in [0, 0.1) is 6.92 Å². The molecule has 1 amide bonds. The Labute approximate surface area is 187 Å². The molecule has 3 aromatic rings. The third kappa shape index (κ3) is 3.57. The highest BCUT2D eigenvalue weighted by molar-refractivity contribution is 7.89. The van der Waals surface area contributed by atoms with Crippen molar-refractivity contribution < 1.29 is 13.2 Å². The first-order valence-electron chi connectivity index (χ1n) is 10.4. The molecule has 0 bridgehead atoms. The number of aromatic nitrogens is 2. The van der Waals surface area contributed by atoms with Gasteiger partial charge in [-0.2, -0.15) is 4.31 Å². The monoisotopic (exact) mass is 454 g/mol. The van der Waals surface area contributed by atoms with E-state index in [4.69, 9.17) is 0 Å². The van der Waals surface area contributed by atoms with Gasteiger partial charge >= 0.3 is 0 Å². The van der Waals surface area contributed by atoms with Crippen molar-refractivity contribution in [2.75, 3.05) is 18.5 Å². The molecule has 1 aromatic heterocycles. The topological polar surface area (TPSA) is 84.6 Å². The third-order valence-electron chi connectivity index (χ3n) is 6.03. The van der Waals surface area contributed by atoms with E-state index in [1.54, 1.807) is 36.9 Å². The number of hydrogen-bond donors (Lipinski definition) is 0. The van der Waals surface area contributed by atoms with Crippen LogP contribution in [0.1, 0.15) is 18.5 Å². The maximum Gasteiger partial charge on any atom is 0.295 e. The summed E-state index contributed by atoms with van der Waals surface area (Å²) >= 11 is 0. The SMILES string of the molecule is Cc1c(N(C)C(=O)[C@H]2CCCN2S(=O)(=O)c2ccccc2)c(=O)n(-c2ccccc2)n1C. The van der Waals surface area contributed by atoms with Gasteiger partial charge in [-0.1, -0.05) is 36.4 Å². The maximum absolute atomic E-state index is 13.5. The van der Waals surface area contributed by atoms with Gasteiger partial charge in [0.25, 0.3) is 5.56 Å². The minimum Gasteiger partial charge on any atom is -0.308 e. The molecule has 168 valence electrons. The first kappa shape index (κ1) is 22.0. The summed E-state index contributed by atoms with van der Waals surface area (Å²) in [7, 11) is -0.526. The lowest BCUT2D eigenvalue weighted by molar-refractivity contribution is -0.121. The van der Waals surface area contributed by atoms with Crippen molar-refractivity contribution in [2.45, 2.75) is 30.7 Å². The zero-order valence-corrected chi connectivity index (χ0v) is 19.1. The Balaban J connectivity index is 1.70. The molecule has 32 heavy (non-hydrogen) atoms. The second-order valence-electron chi connectivity index (χ2n) is 7.89. The molecule has 0 spiro atoms. The van der Waals surface area contributed by atoms with Crippen LogP contribution in [0.3, 0.4) is 0 Å². The summed E-state index contributed by atoms with van der Waals surface area (Å²) < 4.78 is 30.8. The first-order valence-corrected chi connectivity index (χ1v) is 11.9. The molecule has 9 heteroatoms. The van der Waals surface area contributed by atoms with Crippen LogP contribution < -0.4 is 10.5 Å². The molecule has 1 atom stereocenters. The van der Waals surface area contributed by atoms with Crippen molar-refractivity contribution in [3.8, 4) is 5.69 Å². The number of amides is 1. The van der Waals surface area contributed by atoms with Crippen LogP contribution in [0.25, 0.3) is 5.69 Å². The predicted molar refractivity (Wildman–Crippen MR) is 123 cm³/mol. The number of anilines is 1. The maximum atomic E-state index is 13.5. The Morgan fingerprint density at radius 2 is 1.62 bits per heavy atom. The van der Waals surface area contributed by atoms with E-state index in [1.807, 2.05) is 30.3 Å². The molecule has 0 radical (unpaired) electrons. The van der Waals surface area contributed by atoms with E-state index in [9.17, 15) is 18.0 Å². The van der Waals surface area contributed by atoms with Crippen LogP contribution in [-0.4, -0.2) is 47.6 Å². The van der Waals surface area contributed by atoms with E-state index < -0.39 is 22.0 Å². The van der Waals surface area contributed by atoms with Crippen molar-refractivity contribution in [3.05, 3.63) is 76.7 Å². The number of nitrogens with zero attached hydrogens (tertiary/aromatic N) is 4. The van der Waals surface area contributed by atoms with E-state index in [1.165, 1.54) is 33.1 Å². The van der Waals surface area contributed by atoms with Gasteiger partial charge in [0.05, 0.1) is 16.3 Å². The number of carbonyl (C=O) groups is 1. The average molecular weight is 455 g/mol. The van der Waals surface area contributed by atoms with E-state index >= 15 is 0 Å². The number of hydrogen-bond acceptors (Lipinski definition) is 4. The lowest BCUT2D eigenvalue weighted by atomic mass is 10.2. The van der Waals surface area contributed by atoms with Crippen molar-refractivity contribution in [1.82, 2.24) is 13.7 Å². The van der Waals surface area contributed by atoms with Crippen molar-refractivity contribution in [3.63, 3.8) is 0 Å². The van der Waals surface area contributed by atoms with Gasteiger partial charge in [0, 0.05) is 20.6 Å². The molecular formula is C23H26N4O4S. The molecule has 0 aliphatic carbocycles. The van der Waals surface area contributed by atoms with Crippen molar-refractivity contribution in [1.29, 1.82) is 0 Å². The number of sulfonamides is 1. The minimum atomic E-state index is -3.82. The molecule has 4 rings (SSSR count). The van der Waals surface area contributed by atoms with Crippen LogP contribution in [-0.2, 0) is 21.9 Å². The zero-order chi connectivity index (χ0) is 23.0. The van der Waals surface area contributed by atoms with Gasteiger partial charge in [-0.05, 0) is 44.0 Å². The highest BCUT2D eigenvalue weighted by Gasteiger charge is 2.41. The summed E-state index contributed by atoms with van der Waals surface area (Å²) in [5, 5.41) is 0. The molecule has 2 heterocycles. The van der Waals surface area contributed by atoms with Gasteiger partial charge in [0.1, 0.15) is 11.7 Å². The van der Waals surface area contributed by atoms with Crippen molar-refractivity contribution >= 4 is 21.6 Å². The smallest absolute Gasteiger partial charge is 0.295 e. The molecule has 8 nitrogen and oxygen atoms in total. The second-order valence-corrected chi connectivity index (χ2v) is 9.78. The first-order chi connectivity index (χ1) is 15.2. The molecule has 2 aromatic carbocycles. The van der Waals surface area contributed by atoms with Crippen LogP contribution in [0.15, 0.2) is 70.4 Å². The fourth-order valence-corrected chi connectivity index (χ4v) is 5.95. The number of rotatable bonds is 5. The molecule has 1 aliphatic heterocycles. The predicted octanol–water partition coefficient (Wildman–Crippen LogP) is 2.30. The summed E-state index contributed by atoms with van der Waals surface area (Å²) in [4.78, 5) is 28.2. The molecule has 0 N–H and O–H groups in total. The lowest BCUT2D eigenvalue weighted by Crippen LogP contribution is -2.47. The summed E-state index contributed by atoms with van der Waals surface area (Å²) in [6.45, 7) is 2.04. The second kappa shape index (κ2) is 8.40. The van der Waals surface area contributed by atoms with E-state index in [0.717, 1.165) is 0 Å². The van der Waals surface area contributed by atoms with Gasteiger partial charge in [0.15, 0.2) is 0 Å². The third-order valence-corrected chi connectivity index (χ3v) is 7.95. The molecule has 1 saturated heterocycles. The Bertz CT molecular complexity index is 1300. The normalized spacial score (nSPS) is 16.9. The summed E-state index contributed by atoms with van der Waals surface area (Å²) in [6.07, 6.45) is 0.992. The number of benzene rings is 2. The van der Waals surface area contributed by atoms with E-state index in [2.05, 4.69) is 0 Å². The largest absolute Gasteiger partial charge is 0.308 e. The number of carbonyl (C=O) groups excluding carboxylic acids is 1. The number of para-hydroxylation sites is 1. The van der Waals surface area contributed by atoms with Gasteiger partial charge in [-0.15, -0.1) is 0 Å².